The predicted octanol–water partition coefficient (Wildman–Crippen LogP) is 2.19. The summed E-state index contributed by atoms with van der Waals surface area (Å²) in [5, 5.41) is 4.35. The number of aromatic nitrogens is 2. The molecule has 3 nitrogen and oxygen atoms in total. The summed E-state index contributed by atoms with van der Waals surface area (Å²) in [5.41, 5.74) is 1.63. The summed E-state index contributed by atoms with van der Waals surface area (Å²) >= 11 is 0. The average Bonchev–Trinajstić information content (AvgIpc) is 2.39. The summed E-state index contributed by atoms with van der Waals surface area (Å²) in [6.45, 7) is 4.47. The molecule has 0 atom stereocenters. The van der Waals surface area contributed by atoms with Gasteiger partial charge in [0.25, 0.3) is 0 Å². The minimum atomic E-state index is 0.113. The normalized spacial score (nSPS) is 16.7. The Morgan fingerprint density at radius 2 is 2.36 bits per heavy atom. The highest BCUT2D eigenvalue weighted by Gasteiger charge is 2.19. The van der Waals surface area contributed by atoms with E-state index in [4.69, 9.17) is 0 Å². The third-order valence-electron chi connectivity index (χ3n) is 3.00. The number of nitrogens with zero attached hydrogens (tertiary/aromatic N) is 2. The van der Waals surface area contributed by atoms with Crippen molar-refractivity contribution in [3.63, 3.8) is 0 Å². The van der Waals surface area contributed by atoms with Gasteiger partial charge < -0.3 is 0 Å². The zero-order valence-corrected chi connectivity index (χ0v) is 8.79. The van der Waals surface area contributed by atoms with Crippen LogP contribution in [0.1, 0.15) is 42.2 Å². The molecular weight excluding hydrogens is 176 g/mol. The summed E-state index contributed by atoms with van der Waals surface area (Å²) in [7, 11) is 0. The Hall–Kier alpha value is -1.12. The van der Waals surface area contributed by atoms with Crippen LogP contribution in [0.15, 0.2) is 6.20 Å². The molecule has 1 saturated carbocycles. The van der Waals surface area contributed by atoms with E-state index in [0.29, 0.717) is 0 Å². The Labute approximate surface area is 84.1 Å². The first-order valence-corrected chi connectivity index (χ1v) is 5.22. The molecule has 1 aliphatic carbocycles. The Balaban J connectivity index is 2.10. The highest BCUT2D eigenvalue weighted by atomic mass is 16.1. The highest BCUT2D eigenvalue weighted by molar-refractivity contribution is 5.94. The summed E-state index contributed by atoms with van der Waals surface area (Å²) in [5.74, 6) is 0.900. The van der Waals surface area contributed by atoms with Crippen LogP contribution < -0.4 is 0 Å². The molecule has 1 aliphatic rings. The van der Waals surface area contributed by atoms with Gasteiger partial charge in [-0.1, -0.05) is 6.42 Å². The maximum Gasteiger partial charge on any atom is 0.163 e. The first-order valence-electron chi connectivity index (χ1n) is 5.22. The van der Waals surface area contributed by atoms with E-state index in [0.717, 1.165) is 23.7 Å². The molecule has 0 N–H and O–H groups in total. The Kier molecular flexibility index (Phi) is 2.40. The third-order valence-corrected chi connectivity index (χ3v) is 3.00. The lowest BCUT2D eigenvalue weighted by Gasteiger charge is -2.24. The van der Waals surface area contributed by atoms with Crippen molar-refractivity contribution < 1.29 is 4.79 Å². The van der Waals surface area contributed by atoms with Crippen molar-refractivity contribution in [3.8, 4) is 0 Å². The highest BCUT2D eigenvalue weighted by Crippen LogP contribution is 2.27. The van der Waals surface area contributed by atoms with Crippen LogP contribution in [0.5, 0.6) is 0 Å². The first kappa shape index (κ1) is 9.44. The number of ketones is 1. The lowest BCUT2D eigenvalue weighted by Crippen LogP contribution is -2.18. The van der Waals surface area contributed by atoms with E-state index in [1.165, 1.54) is 19.3 Å². The summed E-state index contributed by atoms with van der Waals surface area (Å²) in [4.78, 5) is 11.2. The van der Waals surface area contributed by atoms with Gasteiger partial charge in [0.2, 0.25) is 0 Å². The van der Waals surface area contributed by atoms with Crippen molar-refractivity contribution in [1.82, 2.24) is 9.78 Å². The maximum absolute atomic E-state index is 11.2. The minimum Gasteiger partial charge on any atom is -0.294 e. The zero-order valence-electron chi connectivity index (χ0n) is 8.79. The van der Waals surface area contributed by atoms with Crippen LogP contribution in [0, 0.1) is 12.8 Å². The average molecular weight is 192 g/mol. The van der Waals surface area contributed by atoms with Gasteiger partial charge in [-0.25, -0.2) is 0 Å². The van der Waals surface area contributed by atoms with Crippen LogP contribution in [0.25, 0.3) is 0 Å². The van der Waals surface area contributed by atoms with E-state index in [2.05, 4.69) is 5.10 Å². The molecule has 1 fully saturated rings. The van der Waals surface area contributed by atoms with Crippen LogP contribution in [0.2, 0.25) is 0 Å². The van der Waals surface area contributed by atoms with Crippen molar-refractivity contribution in [3.05, 3.63) is 17.5 Å². The molecule has 0 unspecified atom stereocenters. The van der Waals surface area contributed by atoms with Gasteiger partial charge in [0, 0.05) is 12.7 Å². The molecule has 1 heterocycles. The van der Waals surface area contributed by atoms with Crippen LogP contribution >= 0.6 is 0 Å². The molecule has 0 aromatic carbocycles. The van der Waals surface area contributed by atoms with Crippen molar-refractivity contribution in [2.45, 2.75) is 39.7 Å². The Bertz CT molecular complexity index is 350. The van der Waals surface area contributed by atoms with Crippen molar-refractivity contribution >= 4 is 5.78 Å². The number of rotatable bonds is 3. The van der Waals surface area contributed by atoms with Crippen LogP contribution in [-0.2, 0) is 6.54 Å². The minimum absolute atomic E-state index is 0.113. The van der Waals surface area contributed by atoms with Gasteiger partial charge in [0.05, 0.1) is 11.3 Å². The fourth-order valence-electron chi connectivity index (χ4n) is 1.90. The van der Waals surface area contributed by atoms with Gasteiger partial charge in [-0.15, -0.1) is 0 Å². The number of aryl methyl sites for hydroxylation is 1. The second-order valence-corrected chi connectivity index (χ2v) is 4.20. The standard InChI is InChI=1S/C11H16N2O/c1-8-11(9(2)14)7-13(12-8)6-10-4-3-5-10/h7,10H,3-6H2,1-2H3. The lowest BCUT2D eigenvalue weighted by atomic mass is 9.85. The molecule has 0 saturated heterocycles. The fourth-order valence-corrected chi connectivity index (χ4v) is 1.90. The van der Waals surface area contributed by atoms with E-state index in [1.54, 1.807) is 6.92 Å². The van der Waals surface area contributed by atoms with Crippen molar-refractivity contribution in [2.75, 3.05) is 0 Å². The molecule has 0 bridgehead atoms. The maximum atomic E-state index is 11.2. The van der Waals surface area contributed by atoms with Gasteiger partial charge in [-0.05, 0) is 32.6 Å². The van der Waals surface area contributed by atoms with Gasteiger partial charge in [-0.2, -0.15) is 5.10 Å². The monoisotopic (exact) mass is 192 g/mol. The molecule has 0 radical (unpaired) electrons. The largest absolute Gasteiger partial charge is 0.294 e. The summed E-state index contributed by atoms with van der Waals surface area (Å²) in [6, 6.07) is 0. The van der Waals surface area contributed by atoms with E-state index >= 15 is 0 Å². The van der Waals surface area contributed by atoms with Crippen LogP contribution in [0.4, 0.5) is 0 Å². The molecule has 1 aromatic rings. The van der Waals surface area contributed by atoms with Gasteiger partial charge in [-0.3, -0.25) is 9.48 Å². The smallest absolute Gasteiger partial charge is 0.163 e. The number of carbonyl (C=O) groups excluding carboxylic acids is 1. The SMILES string of the molecule is CC(=O)c1cn(CC2CCC2)nc1C. The molecular formula is C11H16N2O. The molecule has 2 rings (SSSR count). The molecule has 14 heavy (non-hydrogen) atoms. The lowest BCUT2D eigenvalue weighted by molar-refractivity contribution is 0.101. The van der Waals surface area contributed by atoms with E-state index in [1.807, 2.05) is 17.8 Å². The number of Topliss-reactive ketones (excluding diaryl/α,β-unsaturated/α-hetero) is 1. The first-order chi connectivity index (χ1) is 6.66. The molecule has 76 valence electrons. The summed E-state index contributed by atoms with van der Waals surface area (Å²) in [6.07, 6.45) is 5.86. The number of hydrogen-bond acceptors (Lipinski definition) is 2. The quantitative estimate of drug-likeness (QED) is 0.688. The molecule has 0 aliphatic heterocycles. The van der Waals surface area contributed by atoms with E-state index in [-0.39, 0.29) is 5.78 Å². The third kappa shape index (κ3) is 1.72. The van der Waals surface area contributed by atoms with Crippen molar-refractivity contribution in [2.24, 2.45) is 5.92 Å². The molecule has 1 aromatic heterocycles. The zero-order chi connectivity index (χ0) is 10.1. The fraction of sp³-hybridized carbons (Fsp3) is 0.636. The van der Waals surface area contributed by atoms with E-state index in [9.17, 15) is 4.79 Å². The molecule has 3 heteroatoms. The number of carbonyl (C=O) groups is 1. The second kappa shape index (κ2) is 3.56. The van der Waals surface area contributed by atoms with Crippen LogP contribution in [-0.4, -0.2) is 15.6 Å². The molecule has 0 spiro atoms. The van der Waals surface area contributed by atoms with Gasteiger partial charge in [0.1, 0.15) is 0 Å². The molecule has 0 amide bonds. The Morgan fingerprint density at radius 3 is 2.79 bits per heavy atom. The summed E-state index contributed by atoms with van der Waals surface area (Å²) < 4.78 is 1.93. The Morgan fingerprint density at radius 1 is 1.64 bits per heavy atom. The predicted molar refractivity (Wildman–Crippen MR) is 54.3 cm³/mol. The van der Waals surface area contributed by atoms with Crippen LogP contribution in [0.3, 0.4) is 0 Å². The number of hydrogen-bond donors (Lipinski definition) is 0. The van der Waals surface area contributed by atoms with Gasteiger partial charge >= 0.3 is 0 Å². The van der Waals surface area contributed by atoms with Gasteiger partial charge in [0.15, 0.2) is 5.78 Å². The topological polar surface area (TPSA) is 34.9 Å². The second-order valence-electron chi connectivity index (χ2n) is 4.20. The van der Waals surface area contributed by atoms with Crippen molar-refractivity contribution in [1.29, 1.82) is 0 Å². The van der Waals surface area contributed by atoms with E-state index < -0.39 is 0 Å².